The molecule has 1 aliphatic heterocycles. The van der Waals surface area contributed by atoms with Crippen molar-refractivity contribution >= 4 is 12.4 Å². The van der Waals surface area contributed by atoms with Gasteiger partial charge in [-0.25, -0.2) is 4.39 Å². The Labute approximate surface area is 109 Å². The minimum Gasteiger partial charge on any atom is -0.312 e. The van der Waals surface area contributed by atoms with Crippen LogP contribution in [0.1, 0.15) is 18.1 Å². The zero-order chi connectivity index (χ0) is 11.5. The summed E-state index contributed by atoms with van der Waals surface area (Å²) in [6.07, 6.45) is 0. The van der Waals surface area contributed by atoms with Gasteiger partial charge in [-0.2, -0.15) is 0 Å². The molecule has 1 N–H and O–H groups in total. The highest BCUT2D eigenvalue weighted by Gasteiger charge is 2.16. The first-order valence-corrected chi connectivity index (χ1v) is 5.86. The van der Waals surface area contributed by atoms with E-state index < -0.39 is 0 Å². The summed E-state index contributed by atoms with van der Waals surface area (Å²) < 4.78 is 13.0. The van der Waals surface area contributed by atoms with Crippen LogP contribution in [-0.4, -0.2) is 30.6 Å². The number of benzene rings is 1. The van der Waals surface area contributed by atoms with Crippen LogP contribution in [0.2, 0.25) is 0 Å². The lowest BCUT2D eigenvalue weighted by Crippen LogP contribution is -2.48. The molecule has 1 atom stereocenters. The van der Waals surface area contributed by atoms with Crippen molar-refractivity contribution in [1.82, 2.24) is 10.2 Å². The normalized spacial score (nSPS) is 21.0. The lowest BCUT2D eigenvalue weighted by Gasteiger charge is -2.32. The van der Waals surface area contributed by atoms with Gasteiger partial charge in [0.15, 0.2) is 0 Å². The molecule has 2 nitrogen and oxygen atoms in total. The van der Waals surface area contributed by atoms with Gasteiger partial charge in [-0.3, -0.25) is 4.90 Å². The molecule has 4 heteroatoms. The number of hydrogen-bond acceptors (Lipinski definition) is 2. The highest BCUT2D eigenvalue weighted by atomic mass is 35.5. The summed E-state index contributed by atoms with van der Waals surface area (Å²) >= 11 is 0. The fourth-order valence-electron chi connectivity index (χ4n) is 2.23. The molecule has 0 bridgehead atoms. The van der Waals surface area contributed by atoms with Gasteiger partial charge in [0.1, 0.15) is 5.82 Å². The molecular weight excluding hydrogens is 239 g/mol. The van der Waals surface area contributed by atoms with Gasteiger partial charge >= 0.3 is 0 Å². The third-order valence-corrected chi connectivity index (χ3v) is 3.15. The molecule has 1 heterocycles. The fraction of sp³-hybridized carbons (Fsp3) is 0.538. The lowest BCUT2D eigenvalue weighted by molar-refractivity contribution is 0.199. The largest absolute Gasteiger partial charge is 0.312 e. The minimum absolute atomic E-state index is 0. The topological polar surface area (TPSA) is 15.3 Å². The standard InChI is InChI=1S/C13H19FN2.ClH/c1-10-7-13(14)4-3-12(10)9-16-6-5-15-11(2)8-16;/h3-4,7,11,15H,5-6,8-9H2,1-2H3;1H/t11-;/m0./s1. The van der Waals surface area contributed by atoms with Crippen LogP contribution in [0, 0.1) is 12.7 Å². The van der Waals surface area contributed by atoms with Gasteiger partial charge in [0.2, 0.25) is 0 Å². The molecule has 17 heavy (non-hydrogen) atoms. The third-order valence-electron chi connectivity index (χ3n) is 3.15. The van der Waals surface area contributed by atoms with Crippen molar-refractivity contribution in [2.24, 2.45) is 0 Å². The summed E-state index contributed by atoms with van der Waals surface area (Å²) in [5.74, 6) is -0.144. The molecule has 1 aliphatic rings. The number of aryl methyl sites for hydroxylation is 1. The van der Waals surface area contributed by atoms with E-state index >= 15 is 0 Å². The predicted molar refractivity (Wildman–Crippen MR) is 71.1 cm³/mol. The smallest absolute Gasteiger partial charge is 0.123 e. The first kappa shape index (κ1) is 14.4. The molecule has 1 aromatic rings. The fourth-order valence-corrected chi connectivity index (χ4v) is 2.23. The second-order valence-electron chi connectivity index (χ2n) is 4.66. The van der Waals surface area contributed by atoms with Gasteiger partial charge in [-0.05, 0) is 37.1 Å². The Bertz CT molecular complexity index is 370. The number of nitrogens with one attached hydrogen (secondary N) is 1. The molecule has 0 unspecified atom stereocenters. The summed E-state index contributed by atoms with van der Waals surface area (Å²) in [6, 6.07) is 5.61. The van der Waals surface area contributed by atoms with E-state index in [2.05, 4.69) is 17.1 Å². The molecule has 96 valence electrons. The van der Waals surface area contributed by atoms with Crippen LogP contribution in [0.3, 0.4) is 0 Å². The van der Waals surface area contributed by atoms with Crippen LogP contribution in [0.25, 0.3) is 0 Å². The SMILES string of the molecule is Cc1cc(F)ccc1CN1CCN[C@@H](C)C1.Cl. The molecule has 0 aromatic heterocycles. The van der Waals surface area contributed by atoms with E-state index in [1.54, 1.807) is 12.1 Å². The van der Waals surface area contributed by atoms with E-state index in [1.807, 2.05) is 13.0 Å². The quantitative estimate of drug-likeness (QED) is 0.876. The number of rotatable bonds is 2. The van der Waals surface area contributed by atoms with Crippen molar-refractivity contribution in [2.75, 3.05) is 19.6 Å². The summed E-state index contributed by atoms with van der Waals surface area (Å²) in [6.45, 7) is 8.28. The molecule has 0 saturated carbocycles. The Morgan fingerprint density at radius 1 is 1.47 bits per heavy atom. The molecule has 0 amide bonds. The van der Waals surface area contributed by atoms with Crippen LogP contribution < -0.4 is 5.32 Å². The van der Waals surface area contributed by atoms with Crippen LogP contribution in [0.4, 0.5) is 4.39 Å². The van der Waals surface area contributed by atoms with Crippen molar-refractivity contribution in [3.8, 4) is 0 Å². The second-order valence-corrected chi connectivity index (χ2v) is 4.66. The van der Waals surface area contributed by atoms with E-state index in [-0.39, 0.29) is 18.2 Å². The van der Waals surface area contributed by atoms with Crippen LogP contribution in [-0.2, 0) is 6.54 Å². The summed E-state index contributed by atoms with van der Waals surface area (Å²) in [5, 5.41) is 3.42. The molecule has 0 radical (unpaired) electrons. The third kappa shape index (κ3) is 3.95. The maximum absolute atomic E-state index is 13.0. The minimum atomic E-state index is -0.144. The Morgan fingerprint density at radius 3 is 2.88 bits per heavy atom. The van der Waals surface area contributed by atoms with Gasteiger partial charge in [0, 0.05) is 32.2 Å². The van der Waals surface area contributed by atoms with Gasteiger partial charge in [-0.1, -0.05) is 6.07 Å². The highest BCUT2D eigenvalue weighted by Crippen LogP contribution is 2.13. The van der Waals surface area contributed by atoms with Crippen LogP contribution in [0.5, 0.6) is 0 Å². The molecule has 1 aromatic carbocycles. The van der Waals surface area contributed by atoms with Crippen molar-refractivity contribution in [3.63, 3.8) is 0 Å². The first-order chi connectivity index (χ1) is 7.65. The van der Waals surface area contributed by atoms with E-state index in [1.165, 1.54) is 5.56 Å². The summed E-state index contributed by atoms with van der Waals surface area (Å²) in [5.41, 5.74) is 2.28. The maximum Gasteiger partial charge on any atom is 0.123 e. The molecule has 2 rings (SSSR count). The molecular formula is C13H20ClFN2. The predicted octanol–water partition coefficient (Wildman–Crippen LogP) is 2.35. The molecule has 0 aliphatic carbocycles. The Hall–Kier alpha value is -0.640. The monoisotopic (exact) mass is 258 g/mol. The average Bonchev–Trinajstić information content (AvgIpc) is 2.22. The number of halogens is 2. The average molecular weight is 259 g/mol. The van der Waals surface area contributed by atoms with Gasteiger partial charge in [0.25, 0.3) is 0 Å². The van der Waals surface area contributed by atoms with Gasteiger partial charge in [0.05, 0.1) is 0 Å². The van der Waals surface area contributed by atoms with Gasteiger partial charge in [-0.15, -0.1) is 12.4 Å². The lowest BCUT2D eigenvalue weighted by atomic mass is 10.1. The van der Waals surface area contributed by atoms with Crippen molar-refractivity contribution in [3.05, 3.63) is 35.1 Å². The molecule has 1 fully saturated rings. The first-order valence-electron chi connectivity index (χ1n) is 5.86. The van der Waals surface area contributed by atoms with Crippen molar-refractivity contribution in [1.29, 1.82) is 0 Å². The Balaban J connectivity index is 0.00000144. The number of hydrogen-bond donors (Lipinski definition) is 1. The number of piperazine rings is 1. The molecule has 0 spiro atoms. The highest BCUT2D eigenvalue weighted by molar-refractivity contribution is 5.85. The number of nitrogens with zero attached hydrogens (tertiary/aromatic N) is 1. The van der Waals surface area contributed by atoms with E-state index in [9.17, 15) is 4.39 Å². The summed E-state index contributed by atoms with van der Waals surface area (Å²) in [4.78, 5) is 2.42. The van der Waals surface area contributed by atoms with Crippen LogP contribution in [0.15, 0.2) is 18.2 Å². The summed E-state index contributed by atoms with van der Waals surface area (Å²) in [7, 11) is 0. The van der Waals surface area contributed by atoms with E-state index in [0.717, 1.165) is 31.7 Å². The van der Waals surface area contributed by atoms with Crippen LogP contribution >= 0.6 is 12.4 Å². The van der Waals surface area contributed by atoms with Gasteiger partial charge < -0.3 is 5.32 Å². The second kappa shape index (κ2) is 6.34. The maximum atomic E-state index is 13.0. The zero-order valence-corrected chi connectivity index (χ0v) is 11.2. The van der Waals surface area contributed by atoms with E-state index in [0.29, 0.717) is 6.04 Å². The zero-order valence-electron chi connectivity index (χ0n) is 10.4. The van der Waals surface area contributed by atoms with Crippen molar-refractivity contribution < 1.29 is 4.39 Å². The Morgan fingerprint density at radius 2 is 2.24 bits per heavy atom. The molecule has 1 saturated heterocycles. The Kier molecular flexibility index (Phi) is 5.37. The van der Waals surface area contributed by atoms with Crippen molar-refractivity contribution in [2.45, 2.75) is 26.4 Å². The van der Waals surface area contributed by atoms with E-state index in [4.69, 9.17) is 0 Å².